The van der Waals surface area contributed by atoms with Gasteiger partial charge in [-0.15, -0.1) is 0 Å². The smallest absolute Gasteiger partial charge is 0.388 e. The predicted octanol–water partition coefficient (Wildman–Crippen LogP) is 3.53. The summed E-state index contributed by atoms with van der Waals surface area (Å²) in [5, 5.41) is 3.42. The van der Waals surface area contributed by atoms with Crippen LogP contribution in [0.1, 0.15) is 34.1 Å². The third-order valence-corrected chi connectivity index (χ3v) is 1.22. The van der Waals surface area contributed by atoms with Crippen LogP contribution in [0.2, 0.25) is 0 Å². The summed E-state index contributed by atoms with van der Waals surface area (Å²) in [7, 11) is 0. The molecule has 1 radical (unpaired) electrons. The third-order valence-electron chi connectivity index (χ3n) is 1.22. The summed E-state index contributed by atoms with van der Waals surface area (Å²) < 4.78 is 35.5. The molecule has 91 valence electrons. The number of hydrogen-bond acceptors (Lipinski definition) is 1. The van der Waals surface area contributed by atoms with Crippen molar-refractivity contribution in [3.8, 4) is 0 Å². The van der Waals surface area contributed by atoms with Crippen LogP contribution in [-0.2, 0) is 17.1 Å². The Kier molecular flexibility index (Phi) is 7.31. The van der Waals surface area contributed by atoms with E-state index in [4.69, 9.17) is 0 Å². The van der Waals surface area contributed by atoms with Crippen LogP contribution in [0.25, 0.3) is 5.32 Å². The first-order chi connectivity index (χ1) is 6.14. The maximum Gasteiger partial charge on any atom is 0.388 e. The summed E-state index contributed by atoms with van der Waals surface area (Å²) in [5.74, 6) is 0.273. The van der Waals surface area contributed by atoms with E-state index < -0.39 is 12.7 Å². The summed E-state index contributed by atoms with van der Waals surface area (Å²) in [4.78, 5) is 4.08. The summed E-state index contributed by atoms with van der Waals surface area (Å²) in [6.45, 7) is 6.07. The van der Waals surface area contributed by atoms with Gasteiger partial charge in [0, 0.05) is 23.6 Å². The second-order valence-electron chi connectivity index (χ2n) is 3.98. The Morgan fingerprint density at radius 2 is 1.67 bits per heavy atom. The van der Waals surface area contributed by atoms with Gasteiger partial charge < -0.3 is 10.3 Å². The molecule has 0 bridgehead atoms. The van der Waals surface area contributed by atoms with Crippen molar-refractivity contribution in [2.45, 2.75) is 45.8 Å². The van der Waals surface area contributed by atoms with Gasteiger partial charge in [-0.1, -0.05) is 33.5 Å². The number of hydrogen-bond donors (Lipinski definition) is 0. The van der Waals surface area contributed by atoms with Crippen LogP contribution in [0, 0.1) is 0 Å². The molecule has 0 spiro atoms. The number of alkyl halides is 3. The Morgan fingerprint density at radius 3 is 1.93 bits per heavy atom. The van der Waals surface area contributed by atoms with E-state index in [0.29, 0.717) is 6.42 Å². The van der Waals surface area contributed by atoms with Gasteiger partial charge in [-0.25, -0.2) is 0 Å². The average Bonchev–Trinajstić information content (AvgIpc) is 1.94. The Balaban J connectivity index is 0. The van der Waals surface area contributed by atoms with Gasteiger partial charge in [0.2, 0.25) is 0 Å². The normalized spacial score (nSPS) is 13.4. The Hall–Kier alpha value is -0.221. The van der Waals surface area contributed by atoms with E-state index in [1.165, 1.54) is 0 Å². The van der Waals surface area contributed by atoms with Gasteiger partial charge in [0.15, 0.2) is 0 Å². The first-order valence-electron chi connectivity index (χ1n) is 4.47. The van der Waals surface area contributed by atoms with E-state index >= 15 is 0 Å². The standard InChI is InChI=1S/C9H16F3N2.Mn/c1-5-7(14-8(2,3)4)13-6-9(10,11)12;/h5-6H2,1-4H3;/q-1;. The van der Waals surface area contributed by atoms with Crippen molar-refractivity contribution in [1.82, 2.24) is 0 Å². The molecular weight excluding hydrogens is 248 g/mol. The molecule has 6 heteroatoms. The Labute approximate surface area is 99.2 Å². The van der Waals surface area contributed by atoms with Crippen LogP contribution in [0.3, 0.4) is 0 Å². The SMILES string of the molecule is CCC(=NC(C)(C)C)[N-]CC(F)(F)F.[Mn]. The zero-order valence-corrected chi connectivity index (χ0v) is 10.5. The number of nitrogens with zero attached hydrogens (tertiary/aromatic N) is 2. The van der Waals surface area contributed by atoms with Crippen molar-refractivity contribution in [2.24, 2.45) is 4.99 Å². The van der Waals surface area contributed by atoms with Gasteiger partial charge in [-0.2, -0.15) is 13.2 Å². The molecule has 0 N–H and O–H groups in total. The maximum atomic E-state index is 11.8. The summed E-state index contributed by atoms with van der Waals surface area (Å²) in [6, 6.07) is 0. The van der Waals surface area contributed by atoms with Gasteiger partial charge in [0.05, 0.1) is 0 Å². The molecule has 0 aromatic heterocycles. The number of rotatable bonds is 2. The molecule has 0 aliphatic rings. The van der Waals surface area contributed by atoms with Crippen molar-refractivity contribution >= 4 is 5.84 Å². The van der Waals surface area contributed by atoms with E-state index in [1.54, 1.807) is 6.92 Å². The molecule has 0 aliphatic carbocycles. The summed E-state index contributed by atoms with van der Waals surface area (Å²) >= 11 is 0. The molecule has 0 atom stereocenters. The zero-order chi connectivity index (χ0) is 11.4. The van der Waals surface area contributed by atoms with Crippen molar-refractivity contribution in [1.29, 1.82) is 0 Å². The first kappa shape index (κ1) is 17.2. The van der Waals surface area contributed by atoms with Crippen LogP contribution in [0.15, 0.2) is 4.99 Å². The van der Waals surface area contributed by atoms with E-state index in [1.807, 2.05) is 20.8 Å². The number of halogens is 3. The fourth-order valence-corrected chi connectivity index (χ4v) is 0.794. The van der Waals surface area contributed by atoms with Gasteiger partial charge in [0.25, 0.3) is 0 Å². The molecule has 2 nitrogen and oxygen atoms in total. The molecule has 0 unspecified atom stereocenters. The average molecular weight is 264 g/mol. The van der Waals surface area contributed by atoms with Crippen molar-refractivity contribution in [3.63, 3.8) is 0 Å². The molecule has 0 rings (SSSR count). The fourth-order valence-electron chi connectivity index (χ4n) is 0.794. The topological polar surface area (TPSA) is 26.5 Å². The molecule has 0 heterocycles. The minimum absolute atomic E-state index is 0. The summed E-state index contributed by atoms with van der Waals surface area (Å²) in [5.41, 5.74) is -0.375. The van der Waals surface area contributed by atoms with E-state index in [2.05, 4.69) is 10.3 Å². The maximum absolute atomic E-state index is 11.8. The fraction of sp³-hybridized carbons (Fsp3) is 0.889. The first-order valence-corrected chi connectivity index (χ1v) is 4.47. The third kappa shape index (κ3) is 11.7. The molecular formula is C9H16F3MnN2-. The van der Waals surface area contributed by atoms with Crippen LogP contribution in [0.4, 0.5) is 13.2 Å². The second-order valence-corrected chi connectivity index (χ2v) is 3.98. The largest absolute Gasteiger partial charge is 0.463 e. The Bertz CT molecular complexity index is 206. The second kappa shape index (κ2) is 6.38. The van der Waals surface area contributed by atoms with Gasteiger partial charge >= 0.3 is 6.18 Å². The zero-order valence-electron chi connectivity index (χ0n) is 9.32. The monoisotopic (exact) mass is 264 g/mol. The van der Waals surface area contributed by atoms with Crippen LogP contribution >= 0.6 is 0 Å². The van der Waals surface area contributed by atoms with Gasteiger partial charge in [0.1, 0.15) is 0 Å². The molecule has 0 aromatic carbocycles. The minimum Gasteiger partial charge on any atom is -0.463 e. The Morgan fingerprint density at radius 1 is 1.20 bits per heavy atom. The predicted molar refractivity (Wildman–Crippen MR) is 51.8 cm³/mol. The quantitative estimate of drug-likeness (QED) is 0.414. The van der Waals surface area contributed by atoms with Crippen molar-refractivity contribution in [2.75, 3.05) is 6.54 Å². The van der Waals surface area contributed by atoms with Crippen LogP contribution in [0.5, 0.6) is 0 Å². The van der Waals surface area contributed by atoms with Crippen LogP contribution < -0.4 is 0 Å². The number of aliphatic imine (C=N–C) groups is 1. The number of amidine groups is 1. The van der Waals surface area contributed by atoms with E-state index in [9.17, 15) is 13.2 Å². The molecule has 0 saturated heterocycles. The molecule has 15 heavy (non-hydrogen) atoms. The van der Waals surface area contributed by atoms with E-state index in [-0.39, 0.29) is 28.4 Å². The van der Waals surface area contributed by atoms with Gasteiger partial charge in [-0.05, 0) is 12.0 Å². The van der Waals surface area contributed by atoms with E-state index in [0.717, 1.165) is 0 Å². The molecule has 0 amide bonds. The van der Waals surface area contributed by atoms with Crippen molar-refractivity contribution in [3.05, 3.63) is 5.32 Å². The van der Waals surface area contributed by atoms with Gasteiger partial charge in [-0.3, -0.25) is 0 Å². The molecule has 0 fully saturated rings. The molecule has 0 aromatic rings. The van der Waals surface area contributed by atoms with Crippen molar-refractivity contribution < 1.29 is 30.2 Å². The van der Waals surface area contributed by atoms with Crippen LogP contribution in [-0.4, -0.2) is 24.1 Å². The minimum atomic E-state index is -4.24. The summed E-state index contributed by atoms with van der Waals surface area (Å²) in [6.07, 6.45) is -3.82. The molecule has 0 saturated carbocycles. The molecule has 0 aliphatic heterocycles.